The third kappa shape index (κ3) is 6.67. The van der Waals surface area contributed by atoms with Gasteiger partial charge in [0.1, 0.15) is 11.8 Å². The van der Waals surface area contributed by atoms with Crippen LogP contribution in [0, 0.1) is 0 Å². The molecule has 1 amide bonds. The molecule has 0 saturated carbocycles. The lowest BCUT2D eigenvalue weighted by Gasteiger charge is -2.35. The molecule has 1 unspecified atom stereocenters. The molecule has 0 aromatic heterocycles. The highest BCUT2D eigenvalue weighted by Crippen LogP contribution is 2.53. The Morgan fingerprint density at radius 2 is 1.90 bits per heavy atom. The van der Waals surface area contributed by atoms with Gasteiger partial charge in [0.2, 0.25) is 11.5 Å². The fraction of sp³-hybridized carbons (Fsp3) is 0.522. The van der Waals surface area contributed by atoms with Gasteiger partial charge in [-0.2, -0.15) is 8.78 Å². The second-order valence-electron chi connectivity index (χ2n) is 9.04. The van der Waals surface area contributed by atoms with E-state index in [4.69, 9.17) is 30.3 Å². The van der Waals surface area contributed by atoms with Gasteiger partial charge in [-0.15, -0.1) is 0 Å². The number of ketones is 1. The topological polar surface area (TPSA) is 124 Å². The number of rotatable bonds is 11. The normalized spacial score (nSPS) is 27.1. The Hall–Kier alpha value is -2.42. The number of nitrogens with zero attached hydrogens (tertiary/aromatic N) is 1. The number of halogens is 4. The zero-order chi connectivity index (χ0) is 29.2. The molecule has 0 bridgehead atoms. The summed E-state index contributed by atoms with van der Waals surface area (Å²) in [6.07, 6.45) is -8.75. The Balaban J connectivity index is 1.92. The van der Waals surface area contributed by atoms with Crippen LogP contribution in [-0.4, -0.2) is 76.7 Å². The van der Waals surface area contributed by atoms with E-state index in [2.05, 4.69) is 5.09 Å². The number of ether oxygens (including phenoxy) is 2. The number of para-hydroxylation sites is 1. The van der Waals surface area contributed by atoms with Crippen molar-refractivity contribution in [3.05, 3.63) is 42.6 Å². The lowest BCUT2D eigenvalue weighted by atomic mass is 9.95. The van der Waals surface area contributed by atoms with E-state index in [0.29, 0.717) is 4.90 Å². The first-order chi connectivity index (χ1) is 18.1. The van der Waals surface area contributed by atoms with Gasteiger partial charge in [-0.1, -0.05) is 18.2 Å². The molecule has 2 aliphatic heterocycles. The molecule has 0 spiro atoms. The van der Waals surface area contributed by atoms with Crippen molar-refractivity contribution in [1.29, 1.82) is 0 Å². The zero-order valence-corrected chi connectivity index (χ0v) is 22.7. The molecule has 2 N–H and O–H groups in total. The number of allylic oxidation sites excluding steroid dienone is 1. The van der Waals surface area contributed by atoms with Crippen LogP contribution in [0.15, 0.2) is 42.6 Å². The van der Waals surface area contributed by atoms with Crippen LogP contribution >= 0.6 is 6.64 Å². The van der Waals surface area contributed by atoms with Gasteiger partial charge in [-0.3, -0.25) is 19.3 Å². The minimum absolute atomic E-state index is 0.0783. The smallest absolute Gasteiger partial charge is 0.323 e. The van der Waals surface area contributed by atoms with E-state index >= 15 is 8.78 Å². The molecule has 1 aromatic carbocycles. The number of benzene rings is 1. The van der Waals surface area contributed by atoms with Gasteiger partial charge < -0.3 is 23.6 Å². The molecule has 5 atom stereocenters. The number of hydrogen-bond acceptors (Lipinski definition) is 9. The molecule has 2 aliphatic rings. The van der Waals surface area contributed by atoms with Gasteiger partial charge in [0.05, 0.1) is 19.1 Å². The average molecular weight is 599 g/mol. The molecule has 2 heterocycles. The van der Waals surface area contributed by atoms with Crippen molar-refractivity contribution >= 4 is 36.1 Å². The quantitative estimate of drug-likeness (QED) is 0.170. The Kier molecular flexibility index (Phi) is 9.56. The number of esters is 1. The number of hydrogen-bond donors (Lipinski definition) is 2. The monoisotopic (exact) mass is 598 g/mol. The first-order valence-electron chi connectivity index (χ1n) is 11.6. The van der Waals surface area contributed by atoms with Crippen LogP contribution in [0.25, 0.3) is 0 Å². The molecule has 3 rings (SSSR count). The van der Waals surface area contributed by atoms with Crippen LogP contribution in [0.2, 0.25) is 0 Å². The molecule has 16 heteroatoms. The number of nitrogens with one attached hydrogen (secondary N) is 1. The van der Waals surface area contributed by atoms with E-state index in [0.717, 1.165) is 12.3 Å². The summed E-state index contributed by atoms with van der Waals surface area (Å²) in [6.45, 7) is -1.18. The summed E-state index contributed by atoms with van der Waals surface area (Å²) in [5.41, 5.74) is -3.79. The van der Waals surface area contributed by atoms with Crippen LogP contribution in [0.3, 0.4) is 0 Å². The Bertz CT molecular complexity index is 1160. The Labute approximate surface area is 226 Å². The predicted molar refractivity (Wildman–Crippen MR) is 131 cm³/mol. The minimum atomic E-state index is -4.67. The van der Waals surface area contributed by atoms with Crippen LogP contribution in [-0.2, 0) is 40.2 Å². The third-order valence-corrected chi connectivity index (χ3v) is 8.15. The van der Waals surface area contributed by atoms with Crippen LogP contribution in [0.4, 0.5) is 17.6 Å². The predicted octanol–water partition coefficient (Wildman–Crippen LogP) is 2.91. The van der Waals surface area contributed by atoms with Crippen molar-refractivity contribution in [3.8, 4) is 5.75 Å². The van der Waals surface area contributed by atoms with E-state index in [-0.39, 0.29) is 5.75 Å². The van der Waals surface area contributed by atoms with Crippen LogP contribution in [0.5, 0.6) is 5.75 Å². The van der Waals surface area contributed by atoms with E-state index in [1.54, 1.807) is 32.0 Å². The van der Waals surface area contributed by atoms with Crippen LogP contribution < -0.4 is 9.61 Å². The van der Waals surface area contributed by atoms with E-state index < -0.39 is 79.8 Å². The molecule has 1 fully saturated rings. The summed E-state index contributed by atoms with van der Waals surface area (Å²) in [4.78, 5) is 36.5. The second-order valence-corrected chi connectivity index (χ2v) is 12.2. The molecular weight excluding hydrogens is 571 g/mol. The number of alkyl halides is 4. The van der Waals surface area contributed by atoms with Crippen molar-refractivity contribution in [2.45, 2.75) is 69.6 Å². The summed E-state index contributed by atoms with van der Waals surface area (Å²) < 4.78 is 80.5. The van der Waals surface area contributed by atoms with Crippen molar-refractivity contribution < 1.29 is 55.6 Å². The molecular formula is C23H27F4N2O8PS. The van der Waals surface area contributed by atoms with Gasteiger partial charge >= 0.3 is 18.5 Å². The standard InChI is InChI=1S/C23H27F4N2O8PS/c1-13(2)35-20(33)14(3)28-38(39,37-16-7-5-4-6-8-16)34-12-22(21(24)25)23(26,27)18(32)19(36-22)29-10-9-15(30)11-17(29)31/h4-10,13-14,18-19,21,32H,11-12H2,1-3H3,(H,28,39)/t14-,18-,19+,22-,38?/m0/s1. The van der Waals surface area contributed by atoms with Gasteiger partial charge in [0, 0.05) is 6.20 Å². The highest BCUT2D eigenvalue weighted by molar-refractivity contribution is 8.09. The SMILES string of the molecule is CC(C)OC(=O)[C@H](C)NP(=S)(OC[C@@]1(C(F)F)O[C@@H](N2C=CC(=O)CC2=O)[C@H](O)C1(F)F)Oc1ccccc1. The summed E-state index contributed by atoms with van der Waals surface area (Å²) in [6, 6.07) is 6.40. The summed E-state index contributed by atoms with van der Waals surface area (Å²) in [5.74, 6) is -7.07. The first kappa shape index (κ1) is 31.1. The van der Waals surface area contributed by atoms with E-state index in [9.17, 15) is 28.3 Å². The summed E-state index contributed by atoms with van der Waals surface area (Å²) in [5, 5.41) is 12.8. The number of carbonyl (C=O) groups is 3. The van der Waals surface area contributed by atoms with Crippen LogP contribution in [0.1, 0.15) is 27.2 Å². The maximum atomic E-state index is 15.3. The lowest BCUT2D eigenvalue weighted by Crippen LogP contribution is -2.57. The number of carbonyl (C=O) groups excluding carboxylic acids is 3. The van der Waals surface area contributed by atoms with Crippen molar-refractivity contribution in [3.63, 3.8) is 0 Å². The third-order valence-electron chi connectivity index (χ3n) is 5.67. The second kappa shape index (κ2) is 12.0. The van der Waals surface area contributed by atoms with E-state index in [1.165, 1.54) is 19.1 Å². The minimum Gasteiger partial charge on any atom is -0.462 e. The van der Waals surface area contributed by atoms with Crippen molar-refractivity contribution in [2.24, 2.45) is 0 Å². The van der Waals surface area contributed by atoms with Gasteiger partial charge in [0.15, 0.2) is 18.1 Å². The molecule has 216 valence electrons. The maximum Gasteiger partial charge on any atom is 0.323 e. The van der Waals surface area contributed by atoms with Crippen molar-refractivity contribution in [1.82, 2.24) is 9.99 Å². The Morgan fingerprint density at radius 3 is 2.46 bits per heavy atom. The molecule has 10 nitrogen and oxygen atoms in total. The molecule has 1 aromatic rings. The Morgan fingerprint density at radius 1 is 1.26 bits per heavy atom. The van der Waals surface area contributed by atoms with Crippen molar-refractivity contribution in [2.75, 3.05) is 6.61 Å². The number of aliphatic hydroxyl groups is 1. The molecule has 39 heavy (non-hydrogen) atoms. The summed E-state index contributed by atoms with van der Waals surface area (Å²) in [7, 11) is 0. The molecule has 1 saturated heterocycles. The largest absolute Gasteiger partial charge is 0.462 e. The fourth-order valence-electron chi connectivity index (χ4n) is 3.67. The summed E-state index contributed by atoms with van der Waals surface area (Å²) >= 11 is 5.38. The fourth-order valence-corrected chi connectivity index (χ4v) is 6.09. The zero-order valence-electron chi connectivity index (χ0n) is 21.0. The average Bonchev–Trinajstić information content (AvgIpc) is 3.04. The number of aliphatic hydroxyl groups excluding tert-OH is 1. The van der Waals surface area contributed by atoms with Gasteiger partial charge in [0.25, 0.3) is 6.43 Å². The highest BCUT2D eigenvalue weighted by atomic mass is 32.5. The number of amides is 1. The van der Waals surface area contributed by atoms with E-state index in [1.807, 2.05) is 0 Å². The van der Waals surface area contributed by atoms with Gasteiger partial charge in [-0.25, -0.2) is 13.9 Å². The maximum absolute atomic E-state index is 15.3. The molecule has 0 radical (unpaired) electrons. The first-order valence-corrected chi connectivity index (χ1v) is 14.3. The molecule has 0 aliphatic carbocycles. The lowest BCUT2D eigenvalue weighted by molar-refractivity contribution is -0.242. The van der Waals surface area contributed by atoms with Gasteiger partial charge in [-0.05, 0) is 50.8 Å². The highest BCUT2D eigenvalue weighted by Gasteiger charge is 2.74.